The number of hydrogen-bond donors (Lipinski definition) is 1. The van der Waals surface area contributed by atoms with Crippen molar-refractivity contribution >= 4 is 22.6 Å². The van der Waals surface area contributed by atoms with E-state index in [4.69, 9.17) is 4.74 Å². The van der Waals surface area contributed by atoms with Gasteiger partial charge in [-0.1, -0.05) is 19.1 Å². The highest BCUT2D eigenvalue weighted by atomic mass is 127. The van der Waals surface area contributed by atoms with Crippen LogP contribution in [0.4, 0.5) is 0 Å². The minimum absolute atomic E-state index is 0.730. The molecular weight excluding hydrogens is 277 g/mol. The second kappa shape index (κ2) is 6.21. The number of halogens is 1. The van der Waals surface area contributed by atoms with Crippen LogP contribution in [0.5, 0.6) is 5.75 Å². The zero-order valence-electron chi connectivity index (χ0n) is 7.72. The summed E-state index contributed by atoms with van der Waals surface area (Å²) in [5, 5.41) is 3.21. The Hall–Kier alpha value is -0.290. The number of hydrogen-bond acceptors (Lipinski definition) is 2. The molecule has 1 N–H and O–H groups in total. The van der Waals surface area contributed by atoms with Crippen LogP contribution in [0, 0.1) is 3.57 Å². The number of rotatable bonds is 5. The highest BCUT2D eigenvalue weighted by Crippen LogP contribution is 2.19. The summed E-state index contributed by atoms with van der Waals surface area (Å²) in [5.74, 6) is 0.973. The molecule has 0 aromatic heterocycles. The molecule has 0 atom stereocenters. The van der Waals surface area contributed by atoms with Crippen LogP contribution >= 0.6 is 22.6 Å². The van der Waals surface area contributed by atoms with Gasteiger partial charge in [0.25, 0.3) is 0 Å². The molecule has 2 nitrogen and oxygen atoms in total. The Kier molecular flexibility index (Phi) is 5.15. The third-order valence-corrected chi connectivity index (χ3v) is 2.51. The van der Waals surface area contributed by atoms with Gasteiger partial charge >= 0.3 is 0 Å². The molecule has 0 spiro atoms. The minimum atomic E-state index is 0.730. The van der Waals surface area contributed by atoms with E-state index in [1.807, 2.05) is 24.3 Å². The molecule has 0 saturated heterocycles. The Morgan fingerprint density at radius 1 is 1.38 bits per heavy atom. The van der Waals surface area contributed by atoms with E-state index in [1.54, 1.807) is 0 Å². The molecule has 1 aromatic carbocycles. The topological polar surface area (TPSA) is 21.3 Å². The van der Waals surface area contributed by atoms with Gasteiger partial charge in [0, 0.05) is 6.54 Å². The summed E-state index contributed by atoms with van der Waals surface area (Å²) in [6, 6.07) is 8.04. The Morgan fingerprint density at radius 3 is 2.85 bits per heavy atom. The summed E-state index contributed by atoms with van der Waals surface area (Å²) in [5.41, 5.74) is 0. The van der Waals surface area contributed by atoms with Crippen LogP contribution < -0.4 is 10.1 Å². The summed E-state index contributed by atoms with van der Waals surface area (Å²) in [4.78, 5) is 0. The lowest BCUT2D eigenvalue weighted by atomic mass is 10.3. The second-order valence-electron chi connectivity index (χ2n) is 2.63. The van der Waals surface area contributed by atoms with Crippen molar-refractivity contribution in [2.24, 2.45) is 0 Å². The SMILES string of the molecule is CCNCCOc1ccccc1I. The fraction of sp³-hybridized carbons (Fsp3) is 0.400. The molecule has 0 aliphatic rings. The number of para-hydroxylation sites is 1. The maximum absolute atomic E-state index is 5.57. The molecule has 0 unspecified atom stereocenters. The highest BCUT2D eigenvalue weighted by molar-refractivity contribution is 14.1. The fourth-order valence-corrected chi connectivity index (χ4v) is 1.51. The summed E-state index contributed by atoms with van der Waals surface area (Å²) in [6.07, 6.45) is 0. The number of nitrogens with one attached hydrogen (secondary N) is 1. The van der Waals surface area contributed by atoms with E-state index in [9.17, 15) is 0 Å². The van der Waals surface area contributed by atoms with Crippen molar-refractivity contribution in [3.63, 3.8) is 0 Å². The Labute approximate surface area is 92.8 Å². The highest BCUT2D eigenvalue weighted by Gasteiger charge is 1.97. The standard InChI is InChI=1S/C10H14INO/c1-2-12-7-8-13-10-6-4-3-5-9(10)11/h3-6,12H,2,7-8H2,1H3. The van der Waals surface area contributed by atoms with Crippen molar-refractivity contribution in [2.45, 2.75) is 6.92 Å². The van der Waals surface area contributed by atoms with Gasteiger partial charge in [0.15, 0.2) is 0 Å². The summed E-state index contributed by atoms with van der Waals surface area (Å²) in [7, 11) is 0. The van der Waals surface area contributed by atoms with Crippen molar-refractivity contribution in [3.05, 3.63) is 27.8 Å². The van der Waals surface area contributed by atoms with Gasteiger partial charge in [-0.25, -0.2) is 0 Å². The van der Waals surface area contributed by atoms with Crippen LogP contribution in [-0.4, -0.2) is 19.7 Å². The summed E-state index contributed by atoms with van der Waals surface area (Å²) < 4.78 is 6.73. The second-order valence-corrected chi connectivity index (χ2v) is 3.79. The maximum Gasteiger partial charge on any atom is 0.132 e. The van der Waals surface area contributed by atoms with Crippen LogP contribution in [0.15, 0.2) is 24.3 Å². The van der Waals surface area contributed by atoms with E-state index < -0.39 is 0 Å². The number of likely N-dealkylation sites (N-methyl/N-ethyl adjacent to an activating group) is 1. The maximum atomic E-state index is 5.57. The van der Waals surface area contributed by atoms with E-state index in [-0.39, 0.29) is 0 Å². The first kappa shape index (κ1) is 10.8. The van der Waals surface area contributed by atoms with Crippen molar-refractivity contribution in [3.8, 4) is 5.75 Å². The zero-order chi connectivity index (χ0) is 9.52. The largest absolute Gasteiger partial charge is 0.491 e. The lowest BCUT2D eigenvalue weighted by Gasteiger charge is -2.07. The van der Waals surface area contributed by atoms with Crippen LogP contribution in [0.2, 0.25) is 0 Å². The molecule has 0 aliphatic heterocycles. The molecule has 72 valence electrons. The average molecular weight is 291 g/mol. The number of benzene rings is 1. The van der Waals surface area contributed by atoms with E-state index in [0.29, 0.717) is 0 Å². The van der Waals surface area contributed by atoms with E-state index >= 15 is 0 Å². The third-order valence-electron chi connectivity index (χ3n) is 1.62. The van der Waals surface area contributed by atoms with Gasteiger partial charge in [-0.15, -0.1) is 0 Å². The molecule has 1 rings (SSSR count). The van der Waals surface area contributed by atoms with Crippen LogP contribution in [-0.2, 0) is 0 Å². The first-order chi connectivity index (χ1) is 6.34. The quantitative estimate of drug-likeness (QED) is 0.664. The van der Waals surface area contributed by atoms with Gasteiger partial charge in [-0.2, -0.15) is 0 Å². The Balaban J connectivity index is 2.32. The van der Waals surface area contributed by atoms with Gasteiger partial charge in [-0.05, 0) is 41.3 Å². The molecule has 0 bridgehead atoms. The lowest BCUT2D eigenvalue weighted by Crippen LogP contribution is -2.20. The normalized spacial score (nSPS) is 10.0. The zero-order valence-corrected chi connectivity index (χ0v) is 9.87. The summed E-state index contributed by atoms with van der Waals surface area (Å²) >= 11 is 2.28. The Morgan fingerprint density at radius 2 is 2.15 bits per heavy atom. The monoisotopic (exact) mass is 291 g/mol. The molecule has 13 heavy (non-hydrogen) atoms. The number of ether oxygens (including phenoxy) is 1. The average Bonchev–Trinajstić information content (AvgIpc) is 2.15. The smallest absolute Gasteiger partial charge is 0.132 e. The first-order valence-corrected chi connectivity index (χ1v) is 5.50. The van der Waals surface area contributed by atoms with E-state index in [2.05, 4.69) is 34.8 Å². The van der Waals surface area contributed by atoms with Gasteiger partial charge in [0.2, 0.25) is 0 Å². The van der Waals surface area contributed by atoms with Crippen molar-refractivity contribution < 1.29 is 4.74 Å². The molecule has 0 aliphatic carbocycles. The molecule has 0 radical (unpaired) electrons. The van der Waals surface area contributed by atoms with E-state index in [1.165, 1.54) is 0 Å². The third kappa shape index (κ3) is 3.95. The predicted octanol–water partition coefficient (Wildman–Crippen LogP) is 2.28. The molecule has 0 fully saturated rings. The lowest BCUT2D eigenvalue weighted by molar-refractivity contribution is 0.313. The van der Waals surface area contributed by atoms with Crippen molar-refractivity contribution in [2.75, 3.05) is 19.7 Å². The van der Waals surface area contributed by atoms with Crippen LogP contribution in [0.1, 0.15) is 6.92 Å². The van der Waals surface area contributed by atoms with Crippen molar-refractivity contribution in [1.82, 2.24) is 5.32 Å². The predicted molar refractivity (Wildman–Crippen MR) is 63.2 cm³/mol. The molecular formula is C10H14INO. The molecule has 1 aromatic rings. The van der Waals surface area contributed by atoms with Gasteiger partial charge in [0.05, 0.1) is 3.57 Å². The molecule has 0 saturated carbocycles. The summed E-state index contributed by atoms with van der Waals surface area (Å²) in [6.45, 7) is 4.72. The Bertz CT molecular complexity index is 252. The fourth-order valence-electron chi connectivity index (χ4n) is 0.972. The van der Waals surface area contributed by atoms with E-state index in [0.717, 1.165) is 29.0 Å². The van der Waals surface area contributed by atoms with Gasteiger partial charge in [-0.3, -0.25) is 0 Å². The van der Waals surface area contributed by atoms with Gasteiger partial charge < -0.3 is 10.1 Å². The van der Waals surface area contributed by atoms with Crippen LogP contribution in [0.25, 0.3) is 0 Å². The van der Waals surface area contributed by atoms with Crippen LogP contribution in [0.3, 0.4) is 0 Å². The minimum Gasteiger partial charge on any atom is -0.491 e. The van der Waals surface area contributed by atoms with Crippen molar-refractivity contribution in [1.29, 1.82) is 0 Å². The molecule has 0 amide bonds. The molecule has 3 heteroatoms. The molecule has 0 heterocycles. The first-order valence-electron chi connectivity index (χ1n) is 4.42. The van der Waals surface area contributed by atoms with Gasteiger partial charge in [0.1, 0.15) is 12.4 Å².